The molecule has 14 heteroatoms. The van der Waals surface area contributed by atoms with Crippen molar-refractivity contribution in [2.24, 2.45) is 0 Å². The largest absolute Gasteiger partial charge is 0.477 e. The molecule has 0 bridgehead atoms. The number of carboxylic acid groups (broad SMARTS) is 1. The molecule has 0 spiro atoms. The molecule has 1 aliphatic rings. The lowest BCUT2D eigenvalue weighted by Crippen LogP contribution is -2.69. The summed E-state index contributed by atoms with van der Waals surface area (Å²) in [6.45, 7) is 0.0328. The summed E-state index contributed by atoms with van der Waals surface area (Å²) < 4.78 is 36.2. The van der Waals surface area contributed by atoms with E-state index in [9.17, 15) is 24.9 Å². The molecular weight excluding hydrogens is 470 g/mol. The second-order valence-electron chi connectivity index (χ2n) is 7.46. The fourth-order valence-electron chi connectivity index (χ4n) is 3.63. The Bertz CT molecular complexity index is 1030. The summed E-state index contributed by atoms with van der Waals surface area (Å²) in [6.07, 6.45) is -7.81. The first-order chi connectivity index (χ1) is 15.5. The highest BCUT2D eigenvalue weighted by molar-refractivity contribution is 6.33. The van der Waals surface area contributed by atoms with Gasteiger partial charge in [-0.25, -0.2) is 13.9 Å². The van der Waals surface area contributed by atoms with Crippen molar-refractivity contribution in [3.63, 3.8) is 0 Å². The zero-order valence-corrected chi connectivity index (χ0v) is 17.8. The van der Waals surface area contributed by atoms with Crippen LogP contribution in [-0.4, -0.2) is 90.3 Å². The van der Waals surface area contributed by atoms with Crippen LogP contribution in [0.25, 0.3) is 11.3 Å². The molecule has 7 atom stereocenters. The molecule has 3 rings (SSSR count). The first kappa shape index (κ1) is 24.9. The Labute approximate surface area is 190 Å². The highest BCUT2D eigenvalue weighted by Crippen LogP contribution is 2.42. The van der Waals surface area contributed by atoms with Crippen molar-refractivity contribution in [1.82, 2.24) is 20.3 Å². The topological polar surface area (TPSA) is 167 Å². The number of rotatable bonds is 7. The van der Waals surface area contributed by atoms with Gasteiger partial charge in [-0.2, -0.15) is 4.39 Å². The van der Waals surface area contributed by atoms with Crippen LogP contribution in [0.2, 0.25) is 5.02 Å². The first-order valence-electron chi connectivity index (χ1n) is 9.66. The number of nitrogens with one attached hydrogen (secondary N) is 1. The van der Waals surface area contributed by atoms with Crippen LogP contribution in [-0.2, 0) is 14.3 Å². The van der Waals surface area contributed by atoms with Crippen molar-refractivity contribution >= 4 is 23.5 Å². The molecule has 1 fully saturated rings. The van der Waals surface area contributed by atoms with Crippen molar-refractivity contribution in [2.75, 3.05) is 6.61 Å². The van der Waals surface area contributed by atoms with E-state index in [0.717, 1.165) is 17.8 Å². The number of nitrogens with zero attached hydrogens (tertiary/aromatic N) is 3. The van der Waals surface area contributed by atoms with Gasteiger partial charge in [0.2, 0.25) is 5.91 Å². The van der Waals surface area contributed by atoms with E-state index in [4.69, 9.17) is 21.4 Å². The van der Waals surface area contributed by atoms with E-state index >= 15 is 8.78 Å². The van der Waals surface area contributed by atoms with E-state index in [1.165, 1.54) is 0 Å². The number of hydrogen-bond acceptors (Lipinski definition) is 8. The molecule has 2 unspecified atom stereocenters. The Hall–Kier alpha value is -2.71. The molecule has 2 aromatic rings. The number of aromatic nitrogens is 3. The predicted molar refractivity (Wildman–Crippen MR) is 107 cm³/mol. The van der Waals surface area contributed by atoms with Crippen molar-refractivity contribution in [3.8, 4) is 11.3 Å². The lowest BCUT2D eigenvalue weighted by Gasteiger charge is -2.46. The molecule has 1 aliphatic heterocycles. The monoisotopic (exact) mass is 490 g/mol. The molecular formula is C19H21ClF2N4O7. The molecule has 1 saturated heterocycles. The molecule has 1 aromatic carbocycles. The van der Waals surface area contributed by atoms with Crippen molar-refractivity contribution in [3.05, 3.63) is 35.5 Å². The van der Waals surface area contributed by atoms with Gasteiger partial charge in [0.1, 0.15) is 30.0 Å². The molecule has 1 amide bonds. The maximum atomic E-state index is 15.4. The van der Waals surface area contributed by atoms with Crippen molar-refractivity contribution in [2.45, 2.75) is 49.3 Å². The maximum Gasteiger partial charge on any atom is 0.372 e. The zero-order chi connectivity index (χ0) is 24.5. The van der Waals surface area contributed by atoms with Gasteiger partial charge in [-0.15, -0.1) is 5.10 Å². The highest BCUT2D eigenvalue weighted by atomic mass is 35.5. The molecule has 11 nitrogen and oxygen atoms in total. The van der Waals surface area contributed by atoms with Crippen LogP contribution < -0.4 is 5.32 Å². The third kappa shape index (κ3) is 4.68. The van der Waals surface area contributed by atoms with Crippen LogP contribution in [0.1, 0.15) is 13.0 Å². The van der Waals surface area contributed by atoms with Gasteiger partial charge < -0.3 is 30.5 Å². The van der Waals surface area contributed by atoms with Crippen molar-refractivity contribution in [1.29, 1.82) is 0 Å². The van der Waals surface area contributed by atoms with Gasteiger partial charge in [-0.05, 0) is 6.07 Å². The van der Waals surface area contributed by atoms with Crippen LogP contribution in [0.5, 0.6) is 0 Å². The Balaban J connectivity index is 2.13. The van der Waals surface area contributed by atoms with Gasteiger partial charge in [0.25, 0.3) is 0 Å². The Morgan fingerprint density at radius 2 is 2.03 bits per heavy atom. The van der Waals surface area contributed by atoms with Crippen LogP contribution in [0.15, 0.2) is 30.5 Å². The third-order valence-electron chi connectivity index (χ3n) is 5.23. The summed E-state index contributed by atoms with van der Waals surface area (Å²) in [4.78, 5) is 23.4. The van der Waals surface area contributed by atoms with Crippen LogP contribution >= 0.6 is 11.6 Å². The molecule has 5 N–H and O–H groups in total. The van der Waals surface area contributed by atoms with Crippen molar-refractivity contribution < 1.29 is 43.5 Å². The average Bonchev–Trinajstić information content (AvgIpc) is 3.24. The number of carbonyl (C=O) groups is 2. The van der Waals surface area contributed by atoms with Gasteiger partial charge in [-0.3, -0.25) is 4.79 Å². The number of aliphatic hydroxyl groups is 3. The Kier molecular flexibility index (Phi) is 7.29. The molecule has 1 aromatic heterocycles. The number of halogens is 3. The normalized spacial score (nSPS) is 29.3. The lowest BCUT2D eigenvalue weighted by atomic mass is 9.86. The van der Waals surface area contributed by atoms with E-state index in [2.05, 4.69) is 15.6 Å². The second kappa shape index (κ2) is 9.65. The maximum absolute atomic E-state index is 15.4. The SMILES string of the molecule is CC(=O)N[C@H]1[C@H]([C@H](O)[C@H](O)CO)OC(F)(C(=O)O)C(F)[C@@H]1n1cc(-c2ccccc2Cl)nn1. The van der Waals surface area contributed by atoms with Crippen LogP contribution in [0.3, 0.4) is 0 Å². The lowest BCUT2D eigenvalue weighted by molar-refractivity contribution is -0.283. The minimum Gasteiger partial charge on any atom is -0.477 e. The summed E-state index contributed by atoms with van der Waals surface area (Å²) in [7, 11) is 0. The number of benzene rings is 1. The number of aliphatic hydroxyl groups excluding tert-OH is 3. The Morgan fingerprint density at radius 1 is 1.36 bits per heavy atom. The highest BCUT2D eigenvalue weighted by Gasteiger charge is 2.64. The molecule has 0 radical (unpaired) electrons. The second-order valence-corrected chi connectivity index (χ2v) is 7.86. The van der Waals surface area contributed by atoms with E-state index in [1.54, 1.807) is 24.3 Å². The summed E-state index contributed by atoms with van der Waals surface area (Å²) in [5, 5.41) is 48.9. The average molecular weight is 491 g/mol. The van der Waals surface area contributed by atoms with Gasteiger partial charge in [0.15, 0.2) is 6.17 Å². The van der Waals surface area contributed by atoms with Gasteiger partial charge in [0.05, 0.1) is 23.9 Å². The van der Waals surface area contributed by atoms with Crippen LogP contribution in [0.4, 0.5) is 8.78 Å². The molecule has 33 heavy (non-hydrogen) atoms. The van der Waals surface area contributed by atoms with E-state index in [-0.39, 0.29) is 10.7 Å². The fourth-order valence-corrected chi connectivity index (χ4v) is 3.86. The van der Waals surface area contributed by atoms with E-state index in [0.29, 0.717) is 5.56 Å². The molecule has 2 heterocycles. The van der Waals surface area contributed by atoms with E-state index in [1.807, 2.05) is 0 Å². The standard InChI is InChI=1S/C19H21ClF2N4O7/c1-8(28)23-13-14(26-6-11(24-25-26)9-4-2-3-5-10(9)20)17(21)19(22,18(31)32)33-16(13)15(30)12(29)7-27/h2-6,12-17,27,29-30H,7H2,1H3,(H,23,28)(H,31,32)/t12-,13-,14-,15-,16-,17?,19?/m1/s1. The quantitative estimate of drug-likeness (QED) is 0.354. The fraction of sp³-hybridized carbons (Fsp3) is 0.474. The van der Waals surface area contributed by atoms with E-state index < -0.39 is 60.9 Å². The summed E-state index contributed by atoms with van der Waals surface area (Å²) in [5.74, 6) is -7.09. The summed E-state index contributed by atoms with van der Waals surface area (Å²) in [5.41, 5.74) is 0.522. The number of aliphatic carboxylic acids is 1. The summed E-state index contributed by atoms with van der Waals surface area (Å²) >= 11 is 6.13. The number of alkyl halides is 2. The first-order valence-corrected chi connectivity index (χ1v) is 10.0. The number of carboxylic acids is 1. The van der Waals surface area contributed by atoms with Gasteiger partial charge in [-0.1, -0.05) is 35.0 Å². The molecule has 180 valence electrons. The number of amides is 1. The number of ether oxygens (including phenoxy) is 1. The zero-order valence-electron chi connectivity index (χ0n) is 17.0. The van der Waals surface area contributed by atoms with Gasteiger partial charge in [0, 0.05) is 12.5 Å². The van der Waals surface area contributed by atoms with Crippen LogP contribution in [0, 0.1) is 0 Å². The summed E-state index contributed by atoms with van der Waals surface area (Å²) in [6, 6.07) is 2.92. The Morgan fingerprint density at radius 3 is 2.61 bits per heavy atom. The molecule has 0 aliphatic carbocycles. The minimum atomic E-state index is -3.99. The predicted octanol–water partition coefficient (Wildman–Crippen LogP) is -0.154. The molecule has 0 saturated carbocycles. The smallest absolute Gasteiger partial charge is 0.372 e. The third-order valence-corrected chi connectivity index (χ3v) is 5.56. The minimum absolute atomic E-state index is 0.133. The number of carbonyl (C=O) groups excluding carboxylic acids is 1. The van der Waals surface area contributed by atoms with Gasteiger partial charge >= 0.3 is 11.8 Å². The number of hydrogen-bond donors (Lipinski definition) is 5.